The third kappa shape index (κ3) is 4.09. The van der Waals surface area contributed by atoms with Crippen molar-refractivity contribution in [3.8, 4) is 0 Å². The maximum atomic E-state index is 13.0. The molecule has 0 aromatic heterocycles. The molecule has 4 rings (SSSR count). The molecule has 6 nitrogen and oxygen atoms in total. The van der Waals surface area contributed by atoms with Crippen molar-refractivity contribution in [2.75, 3.05) is 28.8 Å². The number of fused-ring (bicyclic) bond motifs is 1. The summed E-state index contributed by atoms with van der Waals surface area (Å²) in [5, 5.41) is 2.26. The van der Waals surface area contributed by atoms with Gasteiger partial charge in [0.25, 0.3) is 11.8 Å². The van der Waals surface area contributed by atoms with Crippen LogP contribution in [-0.2, 0) is 16.0 Å². The fourth-order valence-corrected chi connectivity index (χ4v) is 4.19. The maximum absolute atomic E-state index is 13.0. The molecule has 2 aliphatic heterocycles. The topological polar surface area (TPSA) is 69.7 Å². The predicted molar refractivity (Wildman–Crippen MR) is 126 cm³/mol. The number of rotatable bonds is 5. The Morgan fingerprint density at radius 1 is 1.10 bits per heavy atom. The number of halogens is 2. The molecule has 0 radical (unpaired) electrons. The Morgan fingerprint density at radius 3 is 2.60 bits per heavy atom. The Morgan fingerprint density at radius 2 is 1.87 bits per heavy atom. The summed E-state index contributed by atoms with van der Waals surface area (Å²) in [4.78, 5) is 41.0. The van der Waals surface area contributed by atoms with E-state index < -0.39 is 17.8 Å². The monoisotopic (exact) mass is 535 g/mol. The highest BCUT2D eigenvalue weighted by atomic mass is 127. The largest absolute Gasteiger partial charge is 0.371 e. The highest BCUT2D eigenvalue weighted by Crippen LogP contribution is 2.30. The van der Waals surface area contributed by atoms with E-state index in [1.54, 1.807) is 30.3 Å². The Bertz CT molecular complexity index is 1050. The van der Waals surface area contributed by atoms with Gasteiger partial charge in [-0.25, -0.2) is 9.69 Å². The molecule has 2 aromatic carbocycles. The van der Waals surface area contributed by atoms with E-state index in [-0.39, 0.29) is 5.57 Å². The molecule has 0 spiro atoms. The quantitative estimate of drug-likeness (QED) is 0.273. The Balaban J connectivity index is 1.62. The standard InChI is InChI=1S/C22H19ClIN3O3/c23-9-1-10-26-11-8-15-12-14(2-7-19(15)26)13-18-20(28)25-22(30)27(21(18)29)17-5-3-16(24)4-6-17/h2-7,12-13H,1,8-11H2,(H,25,28,30). The van der Waals surface area contributed by atoms with E-state index in [0.29, 0.717) is 11.6 Å². The molecule has 1 fully saturated rings. The summed E-state index contributed by atoms with van der Waals surface area (Å²) in [6, 6.07) is 12.1. The van der Waals surface area contributed by atoms with Crippen LogP contribution in [0.15, 0.2) is 48.0 Å². The number of hydrogen-bond donors (Lipinski definition) is 1. The Labute approximate surface area is 193 Å². The van der Waals surface area contributed by atoms with Crippen LogP contribution in [0, 0.1) is 3.57 Å². The van der Waals surface area contributed by atoms with Gasteiger partial charge in [0.15, 0.2) is 0 Å². The number of benzene rings is 2. The molecule has 0 atom stereocenters. The number of hydrogen-bond acceptors (Lipinski definition) is 4. The van der Waals surface area contributed by atoms with Crippen molar-refractivity contribution in [1.29, 1.82) is 0 Å². The van der Waals surface area contributed by atoms with Gasteiger partial charge in [-0.2, -0.15) is 0 Å². The summed E-state index contributed by atoms with van der Waals surface area (Å²) in [6.45, 7) is 1.84. The molecule has 8 heteroatoms. The molecule has 154 valence electrons. The first-order chi connectivity index (χ1) is 14.5. The molecule has 1 saturated heterocycles. The molecule has 2 aromatic rings. The normalized spacial score (nSPS) is 17.5. The van der Waals surface area contributed by atoms with Crippen molar-refractivity contribution in [3.05, 3.63) is 62.7 Å². The summed E-state index contributed by atoms with van der Waals surface area (Å²) in [7, 11) is 0. The number of imide groups is 2. The molecule has 2 aliphatic rings. The zero-order valence-corrected chi connectivity index (χ0v) is 18.9. The molecule has 0 aliphatic carbocycles. The summed E-state index contributed by atoms with van der Waals surface area (Å²) < 4.78 is 0.978. The van der Waals surface area contributed by atoms with Gasteiger partial charge < -0.3 is 4.90 Å². The van der Waals surface area contributed by atoms with Crippen LogP contribution < -0.4 is 15.1 Å². The number of urea groups is 1. The molecular formula is C22H19ClIN3O3. The number of carbonyl (C=O) groups excluding carboxylic acids is 3. The summed E-state index contributed by atoms with van der Waals surface area (Å²) >= 11 is 7.95. The van der Waals surface area contributed by atoms with Crippen molar-refractivity contribution in [1.82, 2.24) is 5.32 Å². The lowest BCUT2D eigenvalue weighted by molar-refractivity contribution is -0.122. The molecule has 0 unspecified atom stereocenters. The smallest absolute Gasteiger partial charge is 0.335 e. The minimum absolute atomic E-state index is 0.0647. The molecule has 4 amide bonds. The Hall–Kier alpha value is -2.39. The van der Waals surface area contributed by atoms with Gasteiger partial charge in [0, 0.05) is 28.2 Å². The zero-order valence-electron chi connectivity index (χ0n) is 16.0. The van der Waals surface area contributed by atoms with Crippen LogP contribution in [0.2, 0.25) is 0 Å². The number of alkyl halides is 1. The fourth-order valence-electron chi connectivity index (χ4n) is 3.71. The SMILES string of the molecule is O=C1NC(=O)N(c2ccc(I)cc2)C(=O)C1=Cc1ccc2c(c1)CCN2CCCCl. The average Bonchev–Trinajstić information content (AvgIpc) is 3.13. The second-order valence-corrected chi connectivity index (χ2v) is 8.73. The first-order valence-corrected chi connectivity index (χ1v) is 11.2. The maximum Gasteiger partial charge on any atom is 0.335 e. The van der Waals surface area contributed by atoms with E-state index in [4.69, 9.17) is 11.6 Å². The van der Waals surface area contributed by atoms with E-state index in [9.17, 15) is 14.4 Å². The first kappa shape index (κ1) is 20.9. The van der Waals surface area contributed by atoms with E-state index in [1.165, 1.54) is 5.56 Å². The fraction of sp³-hybridized carbons (Fsp3) is 0.227. The van der Waals surface area contributed by atoms with Crippen molar-refractivity contribution in [3.63, 3.8) is 0 Å². The van der Waals surface area contributed by atoms with E-state index >= 15 is 0 Å². The summed E-state index contributed by atoms with van der Waals surface area (Å²) in [5.74, 6) is -0.687. The minimum atomic E-state index is -0.743. The van der Waals surface area contributed by atoms with Crippen molar-refractivity contribution < 1.29 is 14.4 Å². The van der Waals surface area contributed by atoms with Crippen LogP contribution in [0.1, 0.15) is 17.5 Å². The van der Waals surface area contributed by atoms with E-state index in [1.807, 2.05) is 18.2 Å². The highest BCUT2D eigenvalue weighted by Gasteiger charge is 2.36. The van der Waals surface area contributed by atoms with Gasteiger partial charge in [0.2, 0.25) is 0 Å². The molecular weight excluding hydrogens is 517 g/mol. The van der Waals surface area contributed by atoms with Gasteiger partial charge in [-0.1, -0.05) is 6.07 Å². The van der Waals surface area contributed by atoms with Crippen LogP contribution in [0.3, 0.4) is 0 Å². The number of barbiturate groups is 1. The van der Waals surface area contributed by atoms with Crippen LogP contribution in [-0.4, -0.2) is 36.8 Å². The molecule has 1 N–H and O–H groups in total. The lowest BCUT2D eigenvalue weighted by Gasteiger charge is -2.26. The number of anilines is 2. The van der Waals surface area contributed by atoms with Gasteiger partial charge in [0.1, 0.15) is 5.57 Å². The lowest BCUT2D eigenvalue weighted by Crippen LogP contribution is -2.54. The molecule has 30 heavy (non-hydrogen) atoms. The average molecular weight is 536 g/mol. The number of nitrogens with zero attached hydrogens (tertiary/aromatic N) is 2. The highest BCUT2D eigenvalue weighted by molar-refractivity contribution is 14.1. The first-order valence-electron chi connectivity index (χ1n) is 9.59. The lowest BCUT2D eigenvalue weighted by atomic mass is 10.0. The Kier molecular flexibility index (Phi) is 6.10. The van der Waals surface area contributed by atoms with Crippen molar-refractivity contribution in [2.24, 2.45) is 0 Å². The summed E-state index contributed by atoms with van der Waals surface area (Å²) in [6.07, 6.45) is 3.37. The van der Waals surface area contributed by atoms with Crippen LogP contribution >= 0.6 is 34.2 Å². The molecule has 0 saturated carbocycles. The molecule has 2 heterocycles. The van der Waals surface area contributed by atoms with Gasteiger partial charge >= 0.3 is 6.03 Å². The number of carbonyl (C=O) groups is 3. The van der Waals surface area contributed by atoms with E-state index in [0.717, 1.165) is 45.7 Å². The van der Waals surface area contributed by atoms with Crippen LogP contribution in [0.5, 0.6) is 0 Å². The van der Waals surface area contributed by atoms with Gasteiger partial charge in [0.05, 0.1) is 5.69 Å². The number of amides is 4. The molecule has 0 bridgehead atoms. The van der Waals surface area contributed by atoms with E-state index in [2.05, 4.69) is 32.8 Å². The van der Waals surface area contributed by atoms with Crippen molar-refractivity contribution >= 4 is 69.5 Å². The third-order valence-electron chi connectivity index (χ3n) is 5.15. The van der Waals surface area contributed by atoms with Crippen LogP contribution in [0.25, 0.3) is 6.08 Å². The zero-order chi connectivity index (χ0) is 21.3. The van der Waals surface area contributed by atoms with Gasteiger partial charge in [-0.05, 0) is 89.0 Å². The van der Waals surface area contributed by atoms with Crippen LogP contribution in [0.4, 0.5) is 16.2 Å². The summed E-state index contributed by atoms with van der Waals surface area (Å²) in [5.41, 5.74) is 3.44. The third-order valence-corrected chi connectivity index (χ3v) is 6.14. The second kappa shape index (κ2) is 8.77. The second-order valence-electron chi connectivity index (χ2n) is 7.10. The number of nitrogens with one attached hydrogen (secondary N) is 1. The minimum Gasteiger partial charge on any atom is -0.371 e. The van der Waals surface area contributed by atoms with Gasteiger partial charge in [-0.15, -0.1) is 11.6 Å². The predicted octanol–water partition coefficient (Wildman–Crippen LogP) is 3.95. The van der Waals surface area contributed by atoms with Gasteiger partial charge in [-0.3, -0.25) is 14.9 Å². The van der Waals surface area contributed by atoms with Crippen molar-refractivity contribution in [2.45, 2.75) is 12.8 Å².